The molecule has 0 spiro atoms. The molecule has 0 bridgehead atoms. The molecular weight excluding hydrogens is 238 g/mol. The Labute approximate surface area is 103 Å². The molecule has 0 aromatic heterocycles. The molecule has 1 aliphatic heterocycles. The highest BCUT2D eigenvalue weighted by Gasteiger charge is 2.35. The molecule has 5 heteroatoms. The topological polar surface area (TPSA) is 63.2 Å². The van der Waals surface area contributed by atoms with E-state index in [1.54, 1.807) is 0 Å². The van der Waals surface area contributed by atoms with Gasteiger partial charge in [-0.05, 0) is 19.3 Å². The SMILES string of the molecule is C#CC(CCC)NC(=O)C1CCCCS1(=O)=O. The second-order valence-electron chi connectivity index (χ2n) is 4.37. The lowest BCUT2D eigenvalue weighted by Crippen LogP contribution is -2.46. The Morgan fingerprint density at radius 3 is 2.76 bits per heavy atom. The fourth-order valence-corrected chi connectivity index (χ4v) is 3.81. The standard InChI is InChI=1S/C12H19NO3S/c1-3-7-10(4-2)13-12(14)11-8-5-6-9-17(11,15)16/h2,10-11H,3,5-9H2,1H3,(H,13,14). The molecule has 1 rings (SSSR count). The Balaban J connectivity index is 2.66. The van der Waals surface area contributed by atoms with E-state index in [1.165, 1.54) is 0 Å². The highest BCUT2D eigenvalue weighted by atomic mass is 32.2. The number of terminal acetylenes is 1. The van der Waals surface area contributed by atoms with Gasteiger partial charge in [-0.3, -0.25) is 4.79 Å². The second kappa shape index (κ2) is 6.06. The average Bonchev–Trinajstić information content (AvgIpc) is 2.27. The highest BCUT2D eigenvalue weighted by molar-refractivity contribution is 7.92. The molecule has 1 N–H and O–H groups in total. The van der Waals surface area contributed by atoms with Crippen LogP contribution >= 0.6 is 0 Å². The van der Waals surface area contributed by atoms with Gasteiger partial charge in [-0.25, -0.2) is 8.42 Å². The van der Waals surface area contributed by atoms with Gasteiger partial charge in [-0.15, -0.1) is 6.42 Å². The van der Waals surface area contributed by atoms with E-state index in [1.807, 2.05) is 6.92 Å². The van der Waals surface area contributed by atoms with Gasteiger partial charge in [0.05, 0.1) is 11.8 Å². The van der Waals surface area contributed by atoms with Gasteiger partial charge in [0, 0.05) is 0 Å². The van der Waals surface area contributed by atoms with Crippen molar-refractivity contribution in [2.24, 2.45) is 0 Å². The van der Waals surface area contributed by atoms with E-state index in [9.17, 15) is 13.2 Å². The maximum absolute atomic E-state index is 11.9. The minimum absolute atomic E-state index is 0.111. The van der Waals surface area contributed by atoms with E-state index >= 15 is 0 Å². The number of hydrogen-bond acceptors (Lipinski definition) is 3. The molecule has 4 nitrogen and oxygen atoms in total. The summed E-state index contributed by atoms with van der Waals surface area (Å²) in [6.07, 6.45) is 8.67. The Kier molecular flexibility index (Phi) is 5.01. The van der Waals surface area contributed by atoms with Crippen molar-refractivity contribution in [2.45, 2.75) is 50.3 Å². The van der Waals surface area contributed by atoms with Crippen molar-refractivity contribution >= 4 is 15.7 Å². The number of nitrogens with one attached hydrogen (secondary N) is 1. The minimum Gasteiger partial charge on any atom is -0.341 e. The van der Waals surface area contributed by atoms with Crippen molar-refractivity contribution in [3.05, 3.63) is 0 Å². The summed E-state index contributed by atoms with van der Waals surface area (Å²) < 4.78 is 23.5. The molecule has 1 aliphatic rings. The van der Waals surface area contributed by atoms with Crippen LogP contribution in [0.3, 0.4) is 0 Å². The van der Waals surface area contributed by atoms with Gasteiger partial charge in [0.2, 0.25) is 5.91 Å². The van der Waals surface area contributed by atoms with Crippen LogP contribution in [0.15, 0.2) is 0 Å². The molecule has 1 saturated heterocycles. The van der Waals surface area contributed by atoms with Crippen LogP contribution in [-0.2, 0) is 14.6 Å². The van der Waals surface area contributed by atoms with Gasteiger partial charge in [0.15, 0.2) is 9.84 Å². The van der Waals surface area contributed by atoms with Crippen LogP contribution in [0.1, 0.15) is 39.0 Å². The molecule has 1 fully saturated rings. The molecule has 0 radical (unpaired) electrons. The molecule has 96 valence electrons. The van der Waals surface area contributed by atoms with Gasteiger partial charge < -0.3 is 5.32 Å². The first-order valence-corrected chi connectivity index (χ1v) is 7.71. The third kappa shape index (κ3) is 3.74. The lowest BCUT2D eigenvalue weighted by molar-refractivity contribution is -0.121. The minimum atomic E-state index is -3.27. The first-order valence-electron chi connectivity index (χ1n) is 5.99. The van der Waals surface area contributed by atoms with E-state index in [-0.39, 0.29) is 11.8 Å². The molecule has 2 unspecified atom stereocenters. The number of hydrogen-bond donors (Lipinski definition) is 1. The molecule has 1 heterocycles. The summed E-state index contributed by atoms with van der Waals surface area (Å²) >= 11 is 0. The number of carbonyl (C=O) groups excluding carboxylic acids is 1. The zero-order valence-corrected chi connectivity index (χ0v) is 10.9. The summed E-state index contributed by atoms with van der Waals surface area (Å²) in [5.74, 6) is 2.15. The van der Waals surface area contributed by atoms with Crippen molar-refractivity contribution in [1.82, 2.24) is 5.32 Å². The van der Waals surface area contributed by atoms with Gasteiger partial charge >= 0.3 is 0 Å². The Morgan fingerprint density at radius 1 is 1.53 bits per heavy atom. The summed E-state index contributed by atoms with van der Waals surface area (Å²) in [6, 6.07) is -0.357. The number of carbonyl (C=O) groups is 1. The largest absolute Gasteiger partial charge is 0.341 e. The summed E-state index contributed by atoms with van der Waals surface area (Å²) in [4.78, 5) is 11.9. The molecule has 1 amide bonds. The van der Waals surface area contributed by atoms with Crippen molar-refractivity contribution in [3.8, 4) is 12.3 Å². The van der Waals surface area contributed by atoms with Crippen LogP contribution in [0, 0.1) is 12.3 Å². The Hall–Kier alpha value is -1.02. The van der Waals surface area contributed by atoms with Crippen LogP contribution in [0.25, 0.3) is 0 Å². The number of amides is 1. The van der Waals surface area contributed by atoms with Crippen molar-refractivity contribution in [2.75, 3.05) is 5.75 Å². The normalized spacial score (nSPS) is 24.6. The molecule has 2 atom stereocenters. The van der Waals surface area contributed by atoms with Crippen LogP contribution in [0.2, 0.25) is 0 Å². The Bertz CT molecular complexity index is 408. The quantitative estimate of drug-likeness (QED) is 0.760. The van der Waals surface area contributed by atoms with Gasteiger partial charge in [-0.2, -0.15) is 0 Å². The monoisotopic (exact) mass is 257 g/mol. The molecular formula is C12H19NO3S. The lowest BCUT2D eigenvalue weighted by Gasteiger charge is -2.23. The fourth-order valence-electron chi connectivity index (χ4n) is 2.00. The molecule has 17 heavy (non-hydrogen) atoms. The first kappa shape index (κ1) is 14.0. The summed E-state index contributed by atoms with van der Waals surface area (Å²) in [7, 11) is -3.27. The van der Waals surface area contributed by atoms with E-state index in [0.29, 0.717) is 19.3 Å². The van der Waals surface area contributed by atoms with Crippen LogP contribution in [-0.4, -0.2) is 31.4 Å². The van der Waals surface area contributed by atoms with E-state index in [0.717, 1.165) is 12.8 Å². The predicted molar refractivity (Wildman–Crippen MR) is 67.1 cm³/mol. The Morgan fingerprint density at radius 2 is 2.24 bits per heavy atom. The van der Waals surface area contributed by atoms with E-state index < -0.39 is 21.0 Å². The van der Waals surface area contributed by atoms with Crippen LogP contribution in [0.4, 0.5) is 0 Å². The van der Waals surface area contributed by atoms with Crippen LogP contribution in [0.5, 0.6) is 0 Å². The summed E-state index contributed by atoms with van der Waals surface area (Å²) in [5.41, 5.74) is 0. The fraction of sp³-hybridized carbons (Fsp3) is 0.750. The summed E-state index contributed by atoms with van der Waals surface area (Å²) in [5, 5.41) is 1.74. The molecule has 0 saturated carbocycles. The van der Waals surface area contributed by atoms with E-state index in [4.69, 9.17) is 6.42 Å². The molecule has 0 aromatic rings. The van der Waals surface area contributed by atoms with Gasteiger partial charge in [0.1, 0.15) is 5.25 Å². The van der Waals surface area contributed by atoms with Crippen molar-refractivity contribution < 1.29 is 13.2 Å². The third-order valence-electron chi connectivity index (χ3n) is 2.97. The average molecular weight is 257 g/mol. The van der Waals surface area contributed by atoms with Crippen molar-refractivity contribution in [1.29, 1.82) is 0 Å². The molecule has 0 aromatic carbocycles. The number of sulfone groups is 1. The predicted octanol–water partition coefficient (Wildman–Crippen LogP) is 0.872. The zero-order chi connectivity index (χ0) is 12.9. The van der Waals surface area contributed by atoms with Crippen LogP contribution < -0.4 is 5.32 Å². The molecule has 0 aliphatic carbocycles. The maximum atomic E-state index is 11.9. The zero-order valence-electron chi connectivity index (χ0n) is 10.1. The highest BCUT2D eigenvalue weighted by Crippen LogP contribution is 2.19. The van der Waals surface area contributed by atoms with Gasteiger partial charge in [-0.1, -0.05) is 25.7 Å². The smallest absolute Gasteiger partial charge is 0.239 e. The second-order valence-corrected chi connectivity index (χ2v) is 6.67. The van der Waals surface area contributed by atoms with Crippen molar-refractivity contribution in [3.63, 3.8) is 0 Å². The maximum Gasteiger partial charge on any atom is 0.239 e. The summed E-state index contributed by atoms with van der Waals surface area (Å²) in [6.45, 7) is 1.97. The third-order valence-corrected chi connectivity index (χ3v) is 5.14. The van der Waals surface area contributed by atoms with E-state index in [2.05, 4.69) is 11.2 Å². The lowest BCUT2D eigenvalue weighted by atomic mass is 10.1. The van der Waals surface area contributed by atoms with Gasteiger partial charge in [0.25, 0.3) is 0 Å². The number of rotatable bonds is 4. The first-order chi connectivity index (χ1) is 8.01.